The maximum atomic E-state index is 14.6. The van der Waals surface area contributed by atoms with E-state index in [4.69, 9.17) is 30.8 Å². The lowest BCUT2D eigenvalue weighted by atomic mass is 9.69. The van der Waals surface area contributed by atoms with Gasteiger partial charge in [-0.05, 0) is 86.6 Å². The zero-order valence-corrected chi connectivity index (χ0v) is 38.6. The second-order valence-corrected chi connectivity index (χ2v) is 17.3. The number of halogens is 2. The topological polar surface area (TPSA) is 202 Å². The lowest BCUT2D eigenvalue weighted by Gasteiger charge is -2.39. The molecule has 1 aromatic heterocycles. The molecule has 3 aromatic rings. The number of anilines is 2. The van der Waals surface area contributed by atoms with Crippen molar-refractivity contribution in [3.8, 4) is 5.75 Å². The van der Waals surface area contributed by atoms with Crippen LogP contribution < -0.4 is 31.3 Å². The predicted octanol–water partition coefficient (Wildman–Crippen LogP) is 5.07. The quantitative estimate of drug-likeness (QED) is 0.0503. The molecule has 1 unspecified atom stereocenters. The van der Waals surface area contributed by atoms with Crippen LogP contribution in [0.15, 0.2) is 59.6 Å². The van der Waals surface area contributed by atoms with Crippen molar-refractivity contribution >= 4 is 70.5 Å². The van der Waals surface area contributed by atoms with Crippen molar-refractivity contribution in [2.75, 3.05) is 76.0 Å². The number of aldehydes is 1. The number of hydrogen-bond acceptors (Lipinski definition) is 13. The molecule has 0 saturated heterocycles. The van der Waals surface area contributed by atoms with Crippen LogP contribution in [0, 0.1) is 18.2 Å². The maximum absolute atomic E-state index is 14.6. The van der Waals surface area contributed by atoms with Gasteiger partial charge in [0.2, 0.25) is 24.1 Å². The van der Waals surface area contributed by atoms with Crippen LogP contribution in [0.25, 0.3) is 0 Å². The molecule has 19 heteroatoms. The van der Waals surface area contributed by atoms with Gasteiger partial charge in [-0.25, -0.2) is 9.37 Å². The van der Waals surface area contributed by atoms with Crippen molar-refractivity contribution in [2.45, 2.75) is 77.0 Å². The van der Waals surface area contributed by atoms with Crippen molar-refractivity contribution in [1.82, 2.24) is 25.8 Å². The van der Waals surface area contributed by atoms with E-state index < -0.39 is 17.3 Å². The van der Waals surface area contributed by atoms with E-state index in [1.165, 1.54) is 18.0 Å². The fourth-order valence-electron chi connectivity index (χ4n) is 7.62. The molecular weight excluding hydrogens is 879 g/mol. The lowest BCUT2D eigenvalue weighted by molar-refractivity contribution is -0.134. The Balaban J connectivity index is 0.985. The molecule has 0 radical (unpaired) electrons. The summed E-state index contributed by atoms with van der Waals surface area (Å²) in [6.07, 6.45) is 4.13. The van der Waals surface area contributed by atoms with Crippen LogP contribution in [0.3, 0.4) is 0 Å². The number of aliphatic imine (C=N–C) groups is 1. The molecule has 5 N–H and O–H groups in total. The van der Waals surface area contributed by atoms with Gasteiger partial charge in [0.1, 0.15) is 18.1 Å². The molecule has 2 heterocycles. The van der Waals surface area contributed by atoms with E-state index in [9.17, 15) is 28.4 Å². The van der Waals surface area contributed by atoms with Crippen LogP contribution in [0.4, 0.5) is 15.9 Å². The number of nitrogens with zero attached hydrogens (tertiary/aromatic N) is 3. The minimum absolute atomic E-state index is 0.00147. The lowest BCUT2D eigenvalue weighted by Crippen LogP contribution is -2.48. The van der Waals surface area contributed by atoms with Gasteiger partial charge in [-0.1, -0.05) is 41.6 Å². The van der Waals surface area contributed by atoms with Gasteiger partial charge in [0.15, 0.2) is 16.7 Å². The first kappa shape index (κ1) is 50.9. The summed E-state index contributed by atoms with van der Waals surface area (Å²) in [7, 11) is 1.48. The average Bonchev–Trinajstić information content (AvgIpc) is 3.82. The number of hydrogen-bond donors (Lipinski definition) is 5. The fourth-order valence-corrected chi connectivity index (χ4v) is 8.53. The molecule has 1 atom stereocenters. The van der Waals surface area contributed by atoms with Gasteiger partial charge in [0.25, 0.3) is 0 Å². The average molecular weight is 940 g/mol. The third-order valence-corrected chi connectivity index (χ3v) is 12.4. The third kappa shape index (κ3) is 16.1. The summed E-state index contributed by atoms with van der Waals surface area (Å²) in [5, 5.41) is 15.9. The van der Waals surface area contributed by atoms with E-state index >= 15 is 0 Å². The Morgan fingerprint density at radius 3 is 2.54 bits per heavy atom. The molecular formula is C46H60ClFN8O8S. The van der Waals surface area contributed by atoms with Crippen LogP contribution in [0.2, 0.25) is 5.02 Å². The number of nitrogens with one attached hydrogen (secondary N) is 5. The number of carbonyl (C=O) groups is 5. The largest absolute Gasteiger partial charge is 0.487 e. The highest BCUT2D eigenvalue weighted by Gasteiger charge is 2.43. The summed E-state index contributed by atoms with van der Waals surface area (Å²) < 4.78 is 31.9. The van der Waals surface area contributed by atoms with Crippen molar-refractivity contribution in [3.63, 3.8) is 0 Å². The molecule has 0 bridgehead atoms. The molecule has 65 heavy (non-hydrogen) atoms. The monoisotopic (exact) mass is 938 g/mol. The highest BCUT2D eigenvalue weighted by molar-refractivity contribution is 8.14. The van der Waals surface area contributed by atoms with Crippen LogP contribution in [0.1, 0.15) is 61.8 Å². The number of amides is 4. The summed E-state index contributed by atoms with van der Waals surface area (Å²) >= 11 is 7.63. The number of benzene rings is 2. The number of likely N-dealkylation sites (N-methyl/N-ethyl adjacent to an activating group) is 1. The van der Waals surface area contributed by atoms with Crippen molar-refractivity contribution in [2.24, 2.45) is 10.4 Å². The minimum atomic E-state index is -0.800. The van der Waals surface area contributed by atoms with Gasteiger partial charge >= 0.3 is 0 Å². The Bertz CT molecular complexity index is 2090. The summed E-state index contributed by atoms with van der Waals surface area (Å²) in [5.41, 5.74) is 2.23. The summed E-state index contributed by atoms with van der Waals surface area (Å²) in [4.78, 5) is 72.5. The molecule has 0 spiro atoms. The molecule has 4 amide bonds. The molecule has 5 rings (SSSR count). The van der Waals surface area contributed by atoms with Gasteiger partial charge < -0.3 is 50.5 Å². The summed E-state index contributed by atoms with van der Waals surface area (Å²) in [6.45, 7) is 5.54. The Morgan fingerprint density at radius 1 is 1.02 bits per heavy atom. The van der Waals surface area contributed by atoms with Crippen molar-refractivity contribution < 1.29 is 42.6 Å². The number of ether oxygens (including phenoxy) is 3. The first-order chi connectivity index (χ1) is 31.5. The number of aryl methyl sites for hydroxylation is 1. The highest BCUT2D eigenvalue weighted by atomic mass is 35.5. The van der Waals surface area contributed by atoms with Gasteiger partial charge in [-0.3, -0.25) is 24.2 Å². The Morgan fingerprint density at radius 2 is 1.80 bits per heavy atom. The number of aromatic nitrogens is 1. The zero-order valence-electron chi connectivity index (χ0n) is 37.0. The fraction of sp³-hybridized carbons (Fsp3) is 0.500. The second-order valence-electron chi connectivity index (χ2n) is 15.8. The van der Waals surface area contributed by atoms with E-state index in [-0.39, 0.29) is 67.0 Å². The van der Waals surface area contributed by atoms with E-state index in [0.29, 0.717) is 95.8 Å². The number of thioether (sulfide) groups is 1. The molecule has 2 aromatic carbocycles. The predicted molar refractivity (Wildman–Crippen MR) is 250 cm³/mol. The van der Waals surface area contributed by atoms with E-state index in [1.807, 2.05) is 31.2 Å². The van der Waals surface area contributed by atoms with Gasteiger partial charge in [-0.15, -0.1) is 0 Å². The van der Waals surface area contributed by atoms with Gasteiger partial charge in [0.05, 0.1) is 55.9 Å². The van der Waals surface area contributed by atoms with Crippen molar-refractivity contribution in [1.29, 1.82) is 0 Å². The molecule has 1 aliphatic carbocycles. The van der Waals surface area contributed by atoms with Gasteiger partial charge in [0, 0.05) is 63.2 Å². The molecule has 352 valence electrons. The first-order valence-corrected chi connectivity index (χ1v) is 23.3. The van der Waals surface area contributed by atoms with Crippen molar-refractivity contribution in [3.05, 3.63) is 82.3 Å². The molecule has 1 fully saturated rings. The SMILES string of the molecule is CNC(=O)C(CCC=O)N(C=O)Cc1cc(NC(=O)CCOCCOCCNCCNC(=O)[C@]2(Cc3cccc(NC4=NCCS4)n3)CC[C@@H](Oc3cccc(Cl)c3F)CC2)ccc1C. The van der Waals surface area contributed by atoms with E-state index in [0.717, 1.165) is 34.3 Å². The standard InChI is InChI=1S/C46H60ClFN8O8S/c1-32-11-12-34(28-33(32)30-56(31-58)38(8-5-22-57)43(60)49-2)54-41(59)15-23-62-25-26-63-24-20-50-18-19-51-44(61)46(29-35-6-3-10-40(53-35)55-45-52-21-27-65-45)16-13-36(14-17-46)64-39-9-4-7-37(47)42(39)48/h3-4,6-7,9-12,22,28,31,36,38,50H,5,8,13-21,23-27,29-30H2,1-2H3,(H,49,60)(H,51,61)(H,54,59)(H,52,53,55)/t36-,38?,46-. The first-order valence-electron chi connectivity index (χ1n) is 21.9. The third-order valence-electron chi connectivity index (χ3n) is 11.2. The van der Waals surface area contributed by atoms with Gasteiger partial charge in [-0.2, -0.15) is 0 Å². The number of carbonyl (C=O) groups excluding carboxylic acids is 5. The minimum Gasteiger partial charge on any atom is -0.487 e. The van der Waals surface area contributed by atoms with Crippen LogP contribution in [-0.2, 0) is 46.4 Å². The van der Waals surface area contributed by atoms with E-state index in [1.54, 1.807) is 36.0 Å². The molecule has 2 aliphatic rings. The Labute approximate surface area is 388 Å². The second kappa shape index (κ2) is 26.7. The smallest absolute Gasteiger partial charge is 0.242 e. The Kier molecular flexibility index (Phi) is 20.9. The van der Waals surface area contributed by atoms with E-state index in [2.05, 4.69) is 31.6 Å². The Hall–Kier alpha value is -5.14. The molecule has 1 aliphatic heterocycles. The molecule has 1 saturated carbocycles. The summed E-state index contributed by atoms with van der Waals surface area (Å²) in [5.74, 6) is 0.463. The summed E-state index contributed by atoms with van der Waals surface area (Å²) in [6, 6.07) is 15.0. The number of pyridine rings is 1. The maximum Gasteiger partial charge on any atom is 0.242 e. The normalized spacial score (nSPS) is 17.4. The van der Waals surface area contributed by atoms with Crippen LogP contribution in [0.5, 0.6) is 5.75 Å². The van der Waals surface area contributed by atoms with Crippen LogP contribution in [-0.4, -0.2) is 123 Å². The highest BCUT2D eigenvalue weighted by Crippen LogP contribution is 2.41. The number of rotatable bonds is 27. The number of amidine groups is 1. The zero-order chi connectivity index (χ0) is 46.4. The molecule has 16 nitrogen and oxygen atoms in total. The van der Waals surface area contributed by atoms with Crippen LogP contribution >= 0.6 is 23.4 Å².